The average Bonchev–Trinajstić information content (AvgIpc) is 3.14. The SMILES string of the molecule is [C-]#[N+]c1nn(C#N)c(N=Nc2ccc(N(CCCC)C(C)CC)cc2NC(C)=O)c1C#N. The van der Waals surface area contributed by atoms with Gasteiger partial charge in [-0.05, 0) is 43.1 Å². The van der Waals surface area contributed by atoms with E-state index in [9.17, 15) is 15.3 Å². The molecule has 1 amide bonds. The minimum Gasteiger partial charge on any atom is -0.369 e. The van der Waals surface area contributed by atoms with Crippen LogP contribution in [0.15, 0.2) is 28.4 Å². The van der Waals surface area contributed by atoms with Gasteiger partial charge in [0.2, 0.25) is 17.9 Å². The Balaban J connectivity index is 2.53. The van der Waals surface area contributed by atoms with E-state index in [0.717, 1.165) is 36.2 Å². The van der Waals surface area contributed by atoms with Crippen molar-refractivity contribution in [2.45, 2.75) is 53.0 Å². The first-order valence-corrected chi connectivity index (χ1v) is 10.3. The van der Waals surface area contributed by atoms with Crippen molar-refractivity contribution in [3.63, 3.8) is 0 Å². The number of unbranched alkanes of at least 4 members (excludes halogenated alkanes) is 1. The quantitative estimate of drug-likeness (QED) is 0.419. The van der Waals surface area contributed by atoms with Crippen molar-refractivity contribution in [2.24, 2.45) is 10.2 Å². The van der Waals surface area contributed by atoms with Crippen molar-refractivity contribution >= 4 is 34.6 Å². The molecule has 0 aliphatic heterocycles. The molecule has 0 radical (unpaired) electrons. The van der Waals surface area contributed by atoms with Crippen LogP contribution in [0.1, 0.15) is 52.5 Å². The van der Waals surface area contributed by atoms with Crippen LogP contribution in [0.3, 0.4) is 0 Å². The number of aromatic nitrogens is 2. The zero-order chi connectivity index (χ0) is 23.7. The predicted octanol–water partition coefficient (Wildman–Crippen LogP) is 5.41. The maximum atomic E-state index is 11.8. The number of azo groups is 1. The molecule has 1 aromatic heterocycles. The topological polar surface area (TPSA) is 127 Å². The van der Waals surface area contributed by atoms with E-state index in [1.165, 1.54) is 6.92 Å². The molecule has 164 valence electrons. The van der Waals surface area contributed by atoms with Gasteiger partial charge in [-0.1, -0.05) is 31.5 Å². The number of nitriles is 2. The number of hydrogen-bond donors (Lipinski definition) is 1. The van der Waals surface area contributed by atoms with Gasteiger partial charge in [0, 0.05) is 25.2 Å². The molecule has 1 unspecified atom stereocenters. The normalized spacial score (nSPS) is 11.4. The molecular formula is C22H25N9O. The summed E-state index contributed by atoms with van der Waals surface area (Å²) in [7, 11) is 0. The molecule has 1 heterocycles. The fourth-order valence-electron chi connectivity index (χ4n) is 3.07. The van der Waals surface area contributed by atoms with E-state index in [4.69, 9.17) is 6.57 Å². The van der Waals surface area contributed by atoms with Gasteiger partial charge in [0.25, 0.3) is 0 Å². The summed E-state index contributed by atoms with van der Waals surface area (Å²) in [5, 5.41) is 33.2. The lowest BCUT2D eigenvalue weighted by Gasteiger charge is -2.31. The van der Waals surface area contributed by atoms with E-state index in [1.807, 2.05) is 18.2 Å². The number of benzene rings is 1. The van der Waals surface area contributed by atoms with Crippen LogP contribution in [0.4, 0.5) is 28.7 Å². The first kappa shape index (κ1) is 24.0. The van der Waals surface area contributed by atoms with Crippen LogP contribution in [0, 0.1) is 29.4 Å². The highest BCUT2D eigenvalue weighted by Crippen LogP contribution is 2.34. The third-order valence-corrected chi connectivity index (χ3v) is 4.91. The second kappa shape index (κ2) is 11.2. The van der Waals surface area contributed by atoms with Crippen molar-refractivity contribution in [1.82, 2.24) is 9.78 Å². The number of nitrogens with zero attached hydrogens (tertiary/aromatic N) is 8. The number of nitrogens with one attached hydrogen (secondary N) is 1. The first-order valence-electron chi connectivity index (χ1n) is 10.3. The summed E-state index contributed by atoms with van der Waals surface area (Å²) in [6, 6.07) is 7.62. The zero-order valence-electron chi connectivity index (χ0n) is 18.6. The van der Waals surface area contributed by atoms with Crippen LogP contribution in [0.25, 0.3) is 4.85 Å². The van der Waals surface area contributed by atoms with Crippen LogP contribution in [0.5, 0.6) is 0 Å². The van der Waals surface area contributed by atoms with E-state index in [2.05, 4.69) is 51.2 Å². The van der Waals surface area contributed by atoms with E-state index in [1.54, 1.807) is 12.3 Å². The number of hydrogen-bond acceptors (Lipinski definition) is 7. The fourth-order valence-corrected chi connectivity index (χ4v) is 3.07. The molecule has 0 saturated carbocycles. The van der Waals surface area contributed by atoms with Gasteiger partial charge in [-0.2, -0.15) is 10.5 Å². The summed E-state index contributed by atoms with van der Waals surface area (Å²) < 4.78 is 0.775. The van der Waals surface area contributed by atoms with Gasteiger partial charge in [-0.3, -0.25) is 4.79 Å². The molecule has 0 saturated heterocycles. The zero-order valence-corrected chi connectivity index (χ0v) is 18.6. The lowest BCUT2D eigenvalue weighted by Crippen LogP contribution is -2.33. The molecular weight excluding hydrogens is 406 g/mol. The van der Waals surface area contributed by atoms with E-state index < -0.39 is 0 Å². The van der Waals surface area contributed by atoms with Gasteiger partial charge in [0.05, 0.1) is 11.8 Å². The molecule has 1 aromatic carbocycles. The third-order valence-electron chi connectivity index (χ3n) is 4.91. The highest BCUT2D eigenvalue weighted by Gasteiger charge is 2.21. The van der Waals surface area contributed by atoms with Gasteiger partial charge in [0.1, 0.15) is 11.3 Å². The molecule has 0 bridgehead atoms. The Morgan fingerprint density at radius 3 is 2.69 bits per heavy atom. The molecule has 2 rings (SSSR count). The summed E-state index contributed by atoms with van der Waals surface area (Å²) in [5.41, 5.74) is 1.62. The second-order valence-electron chi connectivity index (χ2n) is 7.14. The molecule has 1 atom stereocenters. The van der Waals surface area contributed by atoms with Crippen LogP contribution in [-0.4, -0.2) is 28.3 Å². The van der Waals surface area contributed by atoms with Crippen molar-refractivity contribution < 1.29 is 4.79 Å². The van der Waals surface area contributed by atoms with E-state index in [-0.39, 0.29) is 23.1 Å². The van der Waals surface area contributed by atoms with Crippen molar-refractivity contribution in [2.75, 3.05) is 16.8 Å². The third kappa shape index (κ3) is 5.47. The van der Waals surface area contributed by atoms with Gasteiger partial charge in [-0.25, -0.2) is 0 Å². The first-order chi connectivity index (χ1) is 15.4. The summed E-state index contributed by atoms with van der Waals surface area (Å²) in [5.74, 6) is -0.624. The minimum absolute atomic E-state index is 0.134. The lowest BCUT2D eigenvalue weighted by atomic mass is 10.1. The molecule has 0 aliphatic carbocycles. The number of rotatable bonds is 9. The van der Waals surface area contributed by atoms with Gasteiger partial charge in [0.15, 0.2) is 0 Å². The summed E-state index contributed by atoms with van der Waals surface area (Å²) in [6.45, 7) is 15.8. The van der Waals surface area contributed by atoms with Gasteiger partial charge in [-0.15, -0.1) is 10.2 Å². The Kier molecular flexibility index (Phi) is 8.45. The van der Waals surface area contributed by atoms with Crippen LogP contribution in [0.2, 0.25) is 0 Å². The summed E-state index contributed by atoms with van der Waals surface area (Å²) in [4.78, 5) is 17.2. The number of carbonyl (C=O) groups excluding carboxylic acids is 1. The Morgan fingerprint density at radius 1 is 1.38 bits per heavy atom. The van der Waals surface area contributed by atoms with Crippen LogP contribution < -0.4 is 10.2 Å². The molecule has 1 N–H and O–H groups in total. The van der Waals surface area contributed by atoms with Crippen LogP contribution >= 0.6 is 0 Å². The average molecular weight is 432 g/mol. The maximum Gasteiger partial charge on any atom is 0.316 e. The highest BCUT2D eigenvalue weighted by molar-refractivity contribution is 5.93. The van der Waals surface area contributed by atoms with Crippen molar-refractivity contribution in [3.05, 3.63) is 35.2 Å². The molecule has 0 spiro atoms. The summed E-state index contributed by atoms with van der Waals surface area (Å²) in [6.07, 6.45) is 4.83. The van der Waals surface area contributed by atoms with Gasteiger partial charge >= 0.3 is 5.82 Å². The van der Waals surface area contributed by atoms with Gasteiger partial charge < -0.3 is 15.1 Å². The fraction of sp³-hybridized carbons (Fsp3) is 0.409. The van der Waals surface area contributed by atoms with E-state index >= 15 is 0 Å². The lowest BCUT2D eigenvalue weighted by molar-refractivity contribution is -0.114. The number of anilines is 2. The second-order valence-corrected chi connectivity index (χ2v) is 7.14. The molecule has 0 fully saturated rings. The van der Waals surface area contributed by atoms with E-state index in [0.29, 0.717) is 17.4 Å². The molecule has 10 heteroatoms. The Hall–Kier alpha value is -4.23. The molecule has 2 aromatic rings. The number of carbonyl (C=O) groups is 1. The molecule has 10 nitrogen and oxygen atoms in total. The molecule has 0 aliphatic rings. The molecule has 32 heavy (non-hydrogen) atoms. The summed E-state index contributed by atoms with van der Waals surface area (Å²) >= 11 is 0. The van der Waals surface area contributed by atoms with Crippen molar-refractivity contribution in [3.8, 4) is 12.3 Å². The smallest absolute Gasteiger partial charge is 0.316 e. The monoisotopic (exact) mass is 431 g/mol. The highest BCUT2D eigenvalue weighted by atomic mass is 16.1. The van der Waals surface area contributed by atoms with Crippen LogP contribution in [-0.2, 0) is 4.79 Å². The Morgan fingerprint density at radius 2 is 2.12 bits per heavy atom. The minimum atomic E-state index is -0.266. The Labute approximate surface area is 187 Å². The largest absolute Gasteiger partial charge is 0.369 e. The van der Waals surface area contributed by atoms with Crippen molar-refractivity contribution in [1.29, 1.82) is 10.5 Å². The maximum absolute atomic E-state index is 11.8. The number of amides is 1. The standard InChI is InChI=1S/C22H25N9O/c1-6-8-11-30(15(3)7-2)17-9-10-19(20(12-17)26-16(4)32)27-28-22-18(13-23)21(25-5)29-31(22)14-24/h9-10,12,15H,6-8,11H2,1-4H3,(H,26,32). The Bertz CT molecular complexity index is 1130. The predicted molar refractivity (Wildman–Crippen MR) is 121 cm³/mol.